The van der Waals surface area contributed by atoms with Crippen molar-refractivity contribution >= 4 is 24.1 Å². The smallest absolute Gasteiger partial charge is 0.303 e. The highest BCUT2D eigenvalue weighted by atomic mass is 35.5. The van der Waals surface area contributed by atoms with Gasteiger partial charge in [0, 0.05) is 37.6 Å². The van der Waals surface area contributed by atoms with Crippen LogP contribution in [0.5, 0.6) is 0 Å². The molecule has 1 aromatic rings. The molecule has 0 saturated heterocycles. The van der Waals surface area contributed by atoms with E-state index in [4.69, 9.17) is 5.11 Å². The van der Waals surface area contributed by atoms with E-state index in [1.807, 2.05) is 12.4 Å². The first-order chi connectivity index (χ1) is 11.7. The first-order valence-electron chi connectivity index (χ1n) is 9.60. The Labute approximate surface area is 170 Å². The number of nitrogens with zero attached hydrogens (tertiary/aromatic N) is 2. The van der Waals surface area contributed by atoms with Gasteiger partial charge in [-0.3, -0.25) is 9.78 Å². The maximum Gasteiger partial charge on any atom is 0.303 e. The topological polar surface area (TPSA) is 116 Å². The van der Waals surface area contributed by atoms with Crippen molar-refractivity contribution in [3.8, 4) is 0 Å². The summed E-state index contributed by atoms with van der Waals surface area (Å²) in [6, 6.07) is 4.21. The number of anilines is 1. The quantitative estimate of drug-likeness (QED) is 0.442. The molecule has 0 radical (unpaired) electrons. The molecule has 27 heavy (non-hydrogen) atoms. The Morgan fingerprint density at radius 1 is 0.889 bits per heavy atom. The highest BCUT2D eigenvalue weighted by Crippen LogP contribution is 2.15. The van der Waals surface area contributed by atoms with Crippen LogP contribution in [0, 0.1) is 0 Å². The summed E-state index contributed by atoms with van der Waals surface area (Å²) < 4.78 is 0. The maximum absolute atomic E-state index is 10.4. The number of carbonyl (C=O) groups is 1. The molecule has 0 aromatic carbocycles. The fourth-order valence-electron chi connectivity index (χ4n) is 2.91. The molecule has 0 amide bonds. The van der Waals surface area contributed by atoms with Crippen molar-refractivity contribution in [1.29, 1.82) is 0 Å². The van der Waals surface area contributed by atoms with Crippen molar-refractivity contribution in [2.45, 2.75) is 77.6 Å². The average molecular weight is 407 g/mol. The number of unbranched alkanes of at least 4 members (excludes halogenated alkanes) is 8. The van der Waals surface area contributed by atoms with Gasteiger partial charge in [0.25, 0.3) is 0 Å². The largest absolute Gasteiger partial charge is 0.481 e. The van der Waals surface area contributed by atoms with Gasteiger partial charge in [0.2, 0.25) is 0 Å². The molecule has 7 heteroatoms. The summed E-state index contributed by atoms with van der Waals surface area (Å²) in [7, 11) is 0. The lowest BCUT2D eigenvalue weighted by Gasteiger charge is -2.24. The Morgan fingerprint density at radius 3 is 1.89 bits per heavy atom. The van der Waals surface area contributed by atoms with Crippen LogP contribution in [-0.2, 0) is 4.79 Å². The van der Waals surface area contributed by atoms with Crippen molar-refractivity contribution in [2.75, 3.05) is 18.0 Å². The summed E-state index contributed by atoms with van der Waals surface area (Å²) >= 11 is 0. The van der Waals surface area contributed by atoms with Crippen LogP contribution in [0.4, 0.5) is 5.69 Å². The zero-order chi connectivity index (χ0) is 17.5. The zero-order valence-electron chi connectivity index (χ0n) is 16.7. The van der Waals surface area contributed by atoms with Crippen LogP contribution in [0.25, 0.3) is 0 Å². The molecule has 0 bridgehead atoms. The summed E-state index contributed by atoms with van der Waals surface area (Å²) in [5, 5.41) is 8.59. The SMILES string of the molecule is CCCCN(CCCCCCCCCCC(=O)O)c1ccncc1.Cl.O.O. The summed E-state index contributed by atoms with van der Waals surface area (Å²) in [6.07, 6.45) is 15.9. The van der Waals surface area contributed by atoms with E-state index >= 15 is 0 Å². The van der Waals surface area contributed by atoms with E-state index in [-0.39, 0.29) is 23.4 Å². The summed E-state index contributed by atoms with van der Waals surface area (Å²) in [6.45, 7) is 4.49. The summed E-state index contributed by atoms with van der Waals surface area (Å²) in [4.78, 5) is 17.0. The normalized spacial score (nSPS) is 9.52. The van der Waals surface area contributed by atoms with Crippen molar-refractivity contribution < 1.29 is 20.9 Å². The minimum absolute atomic E-state index is 0. The molecule has 1 rings (SSSR count). The van der Waals surface area contributed by atoms with Gasteiger partial charge in [-0.15, -0.1) is 12.4 Å². The van der Waals surface area contributed by atoms with Crippen molar-refractivity contribution in [1.82, 2.24) is 4.98 Å². The molecular weight excluding hydrogens is 368 g/mol. The van der Waals surface area contributed by atoms with Crippen LogP contribution in [-0.4, -0.2) is 40.1 Å². The Bertz CT molecular complexity index is 435. The Kier molecular flexibility index (Phi) is 23.5. The van der Waals surface area contributed by atoms with Crippen molar-refractivity contribution in [2.24, 2.45) is 0 Å². The third kappa shape index (κ3) is 16.5. The second kappa shape index (κ2) is 20.9. The van der Waals surface area contributed by atoms with E-state index in [1.165, 1.54) is 57.1 Å². The highest BCUT2D eigenvalue weighted by Gasteiger charge is 2.05. The molecule has 0 aliphatic carbocycles. The van der Waals surface area contributed by atoms with Gasteiger partial charge in [0.1, 0.15) is 0 Å². The number of rotatable bonds is 15. The van der Waals surface area contributed by atoms with Gasteiger partial charge in [-0.2, -0.15) is 0 Å². The molecular formula is C20H39ClN2O4. The molecule has 160 valence electrons. The molecule has 1 heterocycles. The highest BCUT2D eigenvalue weighted by molar-refractivity contribution is 5.85. The number of aromatic nitrogens is 1. The van der Waals surface area contributed by atoms with E-state index in [1.54, 1.807) is 0 Å². The number of carboxylic acids is 1. The first-order valence-corrected chi connectivity index (χ1v) is 9.60. The van der Waals surface area contributed by atoms with Crippen LogP contribution >= 0.6 is 12.4 Å². The Hall–Kier alpha value is -1.37. The number of aliphatic carboxylic acids is 1. The van der Waals surface area contributed by atoms with Crippen LogP contribution < -0.4 is 4.90 Å². The minimum atomic E-state index is -0.670. The van der Waals surface area contributed by atoms with Crippen LogP contribution in [0.1, 0.15) is 77.6 Å². The van der Waals surface area contributed by atoms with Gasteiger partial charge in [-0.1, -0.05) is 51.9 Å². The standard InChI is InChI=1S/C20H34N2O2.ClH.2H2O/c1-2-3-17-22(19-13-15-21-16-14-19)18-11-9-7-5-4-6-8-10-12-20(23)24;;;/h13-16H,2-12,17-18H2,1H3,(H,23,24);1H;2*1H2. The second-order valence-electron chi connectivity index (χ2n) is 6.52. The molecule has 0 saturated carbocycles. The predicted molar refractivity (Wildman–Crippen MR) is 115 cm³/mol. The van der Waals surface area contributed by atoms with Gasteiger partial charge in [-0.25, -0.2) is 0 Å². The van der Waals surface area contributed by atoms with Crippen LogP contribution in [0.3, 0.4) is 0 Å². The molecule has 0 spiro atoms. The van der Waals surface area contributed by atoms with E-state index in [0.29, 0.717) is 6.42 Å². The molecule has 0 atom stereocenters. The van der Waals surface area contributed by atoms with Crippen molar-refractivity contribution in [3.63, 3.8) is 0 Å². The molecule has 0 fully saturated rings. The molecule has 0 aliphatic rings. The lowest BCUT2D eigenvalue weighted by Crippen LogP contribution is -2.25. The number of hydrogen-bond donors (Lipinski definition) is 1. The lowest BCUT2D eigenvalue weighted by atomic mass is 10.1. The average Bonchev–Trinajstić information content (AvgIpc) is 2.59. The van der Waals surface area contributed by atoms with Gasteiger partial charge >= 0.3 is 5.97 Å². The third-order valence-corrected chi connectivity index (χ3v) is 4.38. The van der Waals surface area contributed by atoms with Gasteiger partial charge in [-0.05, 0) is 31.4 Å². The Balaban J connectivity index is -0.00000192. The molecule has 6 nitrogen and oxygen atoms in total. The van der Waals surface area contributed by atoms with E-state index in [9.17, 15) is 4.79 Å². The number of carboxylic acid groups (broad SMARTS) is 1. The summed E-state index contributed by atoms with van der Waals surface area (Å²) in [5.74, 6) is -0.670. The van der Waals surface area contributed by atoms with Crippen molar-refractivity contribution in [3.05, 3.63) is 24.5 Å². The molecule has 0 unspecified atom stereocenters. The monoisotopic (exact) mass is 406 g/mol. The van der Waals surface area contributed by atoms with Crippen LogP contribution in [0.15, 0.2) is 24.5 Å². The van der Waals surface area contributed by atoms with Crippen LogP contribution in [0.2, 0.25) is 0 Å². The van der Waals surface area contributed by atoms with Gasteiger partial charge in [0.15, 0.2) is 0 Å². The number of pyridine rings is 1. The summed E-state index contributed by atoms with van der Waals surface area (Å²) in [5.41, 5.74) is 1.29. The fourth-order valence-corrected chi connectivity index (χ4v) is 2.91. The molecule has 0 aliphatic heterocycles. The third-order valence-electron chi connectivity index (χ3n) is 4.38. The number of hydrogen-bond acceptors (Lipinski definition) is 3. The zero-order valence-corrected chi connectivity index (χ0v) is 17.5. The first kappa shape index (κ1) is 30.4. The fraction of sp³-hybridized carbons (Fsp3) is 0.700. The van der Waals surface area contributed by atoms with E-state index in [0.717, 1.165) is 25.9 Å². The van der Waals surface area contributed by atoms with Gasteiger partial charge < -0.3 is 21.0 Å². The minimum Gasteiger partial charge on any atom is -0.481 e. The van der Waals surface area contributed by atoms with E-state index < -0.39 is 5.97 Å². The number of halogens is 1. The maximum atomic E-state index is 10.4. The predicted octanol–water partition coefficient (Wildman–Crippen LogP) is 4.06. The van der Waals surface area contributed by atoms with E-state index in [2.05, 4.69) is 28.9 Å². The van der Waals surface area contributed by atoms with Gasteiger partial charge in [0.05, 0.1) is 0 Å². The second-order valence-corrected chi connectivity index (χ2v) is 6.52. The lowest BCUT2D eigenvalue weighted by molar-refractivity contribution is -0.137. The molecule has 1 aromatic heterocycles. The Morgan fingerprint density at radius 2 is 1.37 bits per heavy atom. The molecule has 5 N–H and O–H groups in total.